The Morgan fingerprint density at radius 1 is 0.909 bits per heavy atom. The summed E-state index contributed by atoms with van der Waals surface area (Å²) in [5.74, 6) is 0. The van der Waals surface area contributed by atoms with Crippen LogP contribution < -0.4 is 5.32 Å². The van der Waals surface area contributed by atoms with E-state index in [1.807, 2.05) is 13.8 Å². The fourth-order valence-corrected chi connectivity index (χ4v) is 1.57. The van der Waals surface area contributed by atoms with Crippen molar-refractivity contribution >= 4 is 0 Å². The van der Waals surface area contributed by atoms with Crippen LogP contribution in [0.5, 0.6) is 0 Å². The van der Waals surface area contributed by atoms with Gasteiger partial charge in [-0.05, 0) is 19.9 Å². The fraction of sp³-hybridized carbons (Fsp3) is 1.00. The van der Waals surface area contributed by atoms with E-state index in [0.717, 1.165) is 6.04 Å². The maximum atomic E-state index is 3.34. The summed E-state index contributed by atoms with van der Waals surface area (Å²) in [6, 6.07) is 0.826. The molecule has 0 bridgehead atoms. The van der Waals surface area contributed by atoms with E-state index in [-0.39, 0.29) is 0 Å². The smallest absolute Gasteiger partial charge is 0.00640 e. The third kappa shape index (κ3) is 5.25. The highest BCUT2D eigenvalue weighted by molar-refractivity contribution is 4.67. The van der Waals surface area contributed by atoms with Crippen LogP contribution in [0.2, 0.25) is 0 Å². The van der Waals surface area contributed by atoms with E-state index in [1.54, 1.807) is 0 Å². The predicted octanol–water partition coefficient (Wildman–Crippen LogP) is 2.95. The van der Waals surface area contributed by atoms with Crippen LogP contribution in [0, 0.1) is 0 Å². The first-order valence-electron chi connectivity index (χ1n) is 5.11. The minimum atomic E-state index is 0.826. The van der Waals surface area contributed by atoms with E-state index >= 15 is 0 Å². The summed E-state index contributed by atoms with van der Waals surface area (Å²) in [5.41, 5.74) is 0. The van der Waals surface area contributed by atoms with Crippen molar-refractivity contribution in [2.24, 2.45) is 0 Å². The zero-order valence-corrected chi connectivity index (χ0v) is 8.32. The van der Waals surface area contributed by atoms with Crippen LogP contribution >= 0.6 is 0 Å². The van der Waals surface area contributed by atoms with Gasteiger partial charge < -0.3 is 5.32 Å². The summed E-state index contributed by atoms with van der Waals surface area (Å²) in [5, 5.41) is 3.34. The van der Waals surface area contributed by atoms with Crippen LogP contribution in [0.4, 0.5) is 0 Å². The maximum Gasteiger partial charge on any atom is 0.00640 e. The zero-order chi connectivity index (χ0) is 8.53. The van der Waals surface area contributed by atoms with E-state index < -0.39 is 0 Å². The van der Waals surface area contributed by atoms with Crippen molar-refractivity contribution in [1.29, 1.82) is 0 Å². The monoisotopic (exact) mass is 157 g/mol. The van der Waals surface area contributed by atoms with Crippen molar-refractivity contribution in [3.8, 4) is 0 Å². The Bertz CT molecular complexity index is 63.3. The molecule has 0 aromatic heterocycles. The van der Waals surface area contributed by atoms with Gasteiger partial charge in [-0.3, -0.25) is 0 Å². The second-order valence-corrected chi connectivity index (χ2v) is 2.98. The van der Waals surface area contributed by atoms with Crippen molar-refractivity contribution in [2.45, 2.75) is 58.4 Å². The molecule has 0 radical (unpaired) electrons. The molecule has 0 aliphatic heterocycles. The Morgan fingerprint density at radius 3 is 1.73 bits per heavy atom. The predicted molar refractivity (Wildman–Crippen MR) is 51.9 cm³/mol. The van der Waals surface area contributed by atoms with Crippen molar-refractivity contribution in [3.05, 3.63) is 0 Å². The largest absolute Gasteiger partial charge is 0.317 e. The fourth-order valence-electron chi connectivity index (χ4n) is 1.57. The number of nitrogens with one attached hydrogen (secondary N) is 1. The van der Waals surface area contributed by atoms with E-state index in [9.17, 15) is 0 Å². The Balaban J connectivity index is 0.000000461. The summed E-state index contributed by atoms with van der Waals surface area (Å²) in [6.07, 6.45) is 8.58. The number of rotatable bonds is 1. The molecule has 0 heterocycles. The molecule has 1 aliphatic rings. The molecule has 68 valence electrons. The average Bonchev–Trinajstić information content (AvgIpc) is 2.35. The van der Waals surface area contributed by atoms with Gasteiger partial charge in [0.25, 0.3) is 0 Å². The third-order valence-corrected chi connectivity index (χ3v) is 2.26. The van der Waals surface area contributed by atoms with Crippen LogP contribution in [0.15, 0.2) is 0 Å². The quantitative estimate of drug-likeness (QED) is 0.577. The van der Waals surface area contributed by atoms with Gasteiger partial charge in [-0.2, -0.15) is 0 Å². The molecule has 0 saturated heterocycles. The van der Waals surface area contributed by atoms with E-state index in [1.165, 1.54) is 38.5 Å². The number of hydrogen-bond donors (Lipinski definition) is 1. The summed E-state index contributed by atoms with van der Waals surface area (Å²) in [7, 11) is 2.08. The zero-order valence-electron chi connectivity index (χ0n) is 8.32. The van der Waals surface area contributed by atoms with Gasteiger partial charge in [-0.15, -0.1) is 0 Å². The lowest BCUT2D eigenvalue weighted by atomic mass is 10.1. The van der Waals surface area contributed by atoms with Crippen LogP contribution in [-0.2, 0) is 0 Å². The molecule has 1 heteroatoms. The highest BCUT2D eigenvalue weighted by Gasteiger charge is 2.08. The Hall–Kier alpha value is -0.0400. The van der Waals surface area contributed by atoms with Gasteiger partial charge in [0, 0.05) is 6.04 Å². The standard InChI is InChI=1S/C8H17N.C2H6/c1-9-8-6-4-2-3-5-7-8;1-2/h8-9H,2-7H2,1H3;1-2H3. The molecular weight excluding hydrogens is 134 g/mol. The molecule has 0 amide bonds. The third-order valence-electron chi connectivity index (χ3n) is 2.26. The molecule has 11 heavy (non-hydrogen) atoms. The van der Waals surface area contributed by atoms with Gasteiger partial charge in [0.2, 0.25) is 0 Å². The SMILES string of the molecule is CC.CNC1CCCCCC1. The molecular formula is C10H23N. The highest BCUT2D eigenvalue weighted by Crippen LogP contribution is 2.16. The summed E-state index contributed by atoms with van der Waals surface area (Å²) >= 11 is 0. The van der Waals surface area contributed by atoms with E-state index in [2.05, 4.69) is 12.4 Å². The lowest BCUT2D eigenvalue weighted by Crippen LogP contribution is -2.23. The van der Waals surface area contributed by atoms with Gasteiger partial charge in [0.05, 0.1) is 0 Å². The molecule has 0 aromatic carbocycles. The molecule has 1 nitrogen and oxygen atoms in total. The van der Waals surface area contributed by atoms with Crippen molar-refractivity contribution in [3.63, 3.8) is 0 Å². The van der Waals surface area contributed by atoms with Gasteiger partial charge in [-0.1, -0.05) is 39.5 Å². The highest BCUT2D eigenvalue weighted by atomic mass is 14.9. The topological polar surface area (TPSA) is 12.0 Å². The lowest BCUT2D eigenvalue weighted by Gasteiger charge is -2.10. The lowest BCUT2D eigenvalue weighted by molar-refractivity contribution is 0.499. The first kappa shape index (κ1) is 11.0. The molecule has 1 N–H and O–H groups in total. The first-order valence-corrected chi connectivity index (χ1v) is 5.11. The molecule has 1 fully saturated rings. The van der Waals surface area contributed by atoms with Crippen LogP contribution in [-0.4, -0.2) is 13.1 Å². The molecule has 1 aliphatic carbocycles. The average molecular weight is 157 g/mol. The molecule has 0 spiro atoms. The second kappa shape index (κ2) is 8.06. The van der Waals surface area contributed by atoms with Crippen LogP contribution in [0.3, 0.4) is 0 Å². The van der Waals surface area contributed by atoms with Crippen molar-refractivity contribution in [1.82, 2.24) is 5.32 Å². The summed E-state index contributed by atoms with van der Waals surface area (Å²) < 4.78 is 0. The van der Waals surface area contributed by atoms with Gasteiger partial charge in [0.15, 0.2) is 0 Å². The Labute approximate surface area is 71.6 Å². The summed E-state index contributed by atoms with van der Waals surface area (Å²) in [6.45, 7) is 4.00. The van der Waals surface area contributed by atoms with Gasteiger partial charge in [-0.25, -0.2) is 0 Å². The van der Waals surface area contributed by atoms with Gasteiger partial charge >= 0.3 is 0 Å². The van der Waals surface area contributed by atoms with Crippen LogP contribution in [0.1, 0.15) is 52.4 Å². The molecule has 1 saturated carbocycles. The van der Waals surface area contributed by atoms with Crippen molar-refractivity contribution < 1.29 is 0 Å². The Morgan fingerprint density at radius 2 is 1.36 bits per heavy atom. The van der Waals surface area contributed by atoms with Gasteiger partial charge in [0.1, 0.15) is 0 Å². The molecule has 1 rings (SSSR count). The maximum absolute atomic E-state index is 3.34. The van der Waals surface area contributed by atoms with E-state index in [4.69, 9.17) is 0 Å². The molecule has 0 atom stereocenters. The minimum absolute atomic E-state index is 0.826. The molecule has 0 aromatic rings. The van der Waals surface area contributed by atoms with Crippen molar-refractivity contribution in [2.75, 3.05) is 7.05 Å². The summed E-state index contributed by atoms with van der Waals surface area (Å²) in [4.78, 5) is 0. The van der Waals surface area contributed by atoms with Crippen LogP contribution in [0.25, 0.3) is 0 Å². The minimum Gasteiger partial charge on any atom is -0.317 e. The molecule has 0 unspecified atom stereocenters. The Kier molecular flexibility index (Phi) is 8.03. The number of hydrogen-bond acceptors (Lipinski definition) is 1. The first-order chi connectivity index (χ1) is 5.43. The normalized spacial score (nSPS) is 19.9. The second-order valence-electron chi connectivity index (χ2n) is 2.98. The van der Waals surface area contributed by atoms with E-state index in [0.29, 0.717) is 0 Å².